The minimum Gasteiger partial charge on any atom is -0.483 e. The van der Waals surface area contributed by atoms with E-state index in [1.54, 1.807) is 6.21 Å². The van der Waals surface area contributed by atoms with Crippen molar-refractivity contribution in [3.05, 3.63) is 80.2 Å². The number of amides is 1. The molecule has 1 amide bonds. The van der Waals surface area contributed by atoms with E-state index in [1.807, 2.05) is 24.3 Å². The van der Waals surface area contributed by atoms with E-state index in [2.05, 4.69) is 89.6 Å². The highest BCUT2D eigenvalue weighted by atomic mass is 127. The number of hydrogen-bond donors (Lipinski definition) is 1. The first kappa shape index (κ1) is 22.1. The molecule has 30 heavy (non-hydrogen) atoms. The molecule has 0 bridgehead atoms. The number of carbonyl (C=O) groups is 1. The number of aryl methyl sites for hydroxylation is 3. The number of ether oxygens (including phenoxy) is 1. The Morgan fingerprint density at radius 2 is 1.93 bits per heavy atom. The van der Waals surface area contributed by atoms with Gasteiger partial charge in [0, 0.05) is 17.0 Å². The number of carbonyl (C=O) groups excluding carboxylic acids is 1. The number of halogens is 1. The van der Waals surface area contributed by atoms with Gasteiger partial charge in [-0.15, -0.1) is 0 Å². The average molecular weight is 515 g/mol. The molecule has 0 aliphatic carbocycles. The van der Waals surface area contributed by atoms with Crippen molar-refractivity contribution >= 4 is 34.7 Å². The van der Waals surface area contributed by atoms with Crippen molar-refractivity contribution in [3.8, 4) is 11.4 Å². The lowest BCUT2D eigenvalue weighted by molar-refractivity contribution is -0.123. The molecule has 1 aromatic heterocycles. The van der Waals surface area contributed by atoms with Crippen LogP contribution >= 0.6 is 22.6 Å². The number of hydrazone groups is 1. The number of nitrogens with zero attached hydrogens (tertiary/aromatic N) is 2. The van der Waals surface area contributed by atoms with Crippen molar-refractivity contribution in [1.29, 1.82) is 0 Å². The number of benzene rings is 2. The third-order valence-electron chi connectivity index (χ3n) is 4.98. The molecule has 156 valence electrons. The Morgan fingerprint density at radius 1 is 1.17 bits per heavy atom. The maximum atomic E-state index is 12.1. The van der Waals surface area contributed by atoms with Gasteiger partial charge in [0.15, 0.2) is 6.61 Å². The minimum absolute atomic E-state index is 0.0839. The molecule has 5 nitrogen and oxygen atoms in total. The average Bonchev–Trinajstić information content (AvgIpc) is 3.00. The second-order valence-corrected chi connectivity index (χ2v) is 8.27. The van der Waals surface area contributed by atoms with Crippen LogP contribution in [0.3, 0.4) is 0 Å². The van der Waals surface area contributed by atoms with Gasteiger partial charge >= 0.3 is 0 Å². The van der Waals surface area contributed by atoms with Crippen LogP contribution in [0.4, 0.5) is 0 Å². The van der Waals surface area contributed by atoms with Crippen molar-refractivity contribution in [2.45, 2.75) is 34.1 Å². The predicted octanol–water partition coefficient (Wildman–Crippen LogP) is 5.10. The largest absolute Gasteiger partial charge is 0.483 e. The first-order valence-corrected chi connectivity index (χ1v) is 11.0. The Balaban J connectivity index is 1.71. The summed E-state index contributed by atoms with van der Waals surface area (Å²) in [5, 5.41) is 4.13. The Hall–Kier alpha value is -2.61. The zero-order chi connectivity index (χ0) is 21.7. The van der Waals surface area contributed by atoms with E-state index in [4.69, 9.17) is 4.74 Å². The second kappa shape index (κ2) is 9.93. The molecule has 0 saturated heterocycles. The summed E-state index contributed by atoms with van der Waals surface area (Å²) in [6.07, 6.45) is 2.65. The molecule has 0 radical (unpaired) electrons. The van der Waals surface area contributed by atoms with Crippen LogP contribution < -0.4 is 10.2 Å². The summed E-state index contributed by atoms with van der Waals surface area (Å²) in [7, 11) is 0. The predicted molar refractivity (Wildman–Crippen MR) is 130 cm³/mol. The van der Waals surface area contributed by atoms with E-state index in [0.29, 0.717) is 5.75 Å². The number of rotatable bonds is 7. The highest BCUT2D eigenvalue weighted by Crippen LogP contribution is 2.26. The van der Waals surface area contributed by atoms with Crippen molar-refractivity contribution in [2.24, 2.45) is 5.10 Å². The van der Waals surface area contributed by atoms with Crippen LogP contribution in [0.5, 0.6) is 5.75 Å². The van der Waals surface area contributed by atoms with Crippen LogP contribution in [0.25, 0.3) is 5.69 Å². The fraction of sp³-hybridized carbons (Fsp3) is 0.250. The summed E-state index contributed by atoms with van der Waals surface area (Å²) in [6.45, 7) is 8.38. The summed E-state index contributed by atoms with van der Waals surface area (Å²) >= 11 is 2.18. The molecule has 1 heterocycles. The van der Waals surface area contributed by atoms with Gasteiger partial charge in [0.1, 0.15) is 5.75 Å². The smallest absolute Gasteiger partial charge is 0.277 e. The quantitative estimate of drug-likeness (QED) is 0.271. The molecule has 0 fully saturated rings. The van der Waals surface area contributed by atoms with Crippen LogP contribution in [0, 0.1) is 24.3 Å². The van der Waals surface area contributed by atoms with E-state index < -0.39 is 0 Å². The van der Waals surface area contributed by atoms with E-state index in [-0.39, 0.29) is 12.5 Å². The Bertz CT molecular complexity index is 1090. The molecular formula is C24H26IN3O2. The second-order valence-electron chi connectivity index (χ2n) is 7.11. The van der Waals surface area contributed by atoms with Gasteiger partial charge in [0.25, 0.3) is 5.91 Å². The van der Waals surface area contributed by atoms with Gasteiger partial charge in [-0.05, 0) is 79.1 Å². The number of nitrogens with one attached hydrogen (secondary N) is 1. The van der Waals surface area contributed by atoms with Gasteiger partial charge in [-0.1, -0.05) is 37.3 Å². The fourth-order valence-electron chi connectivity index (χ4n) is 3.50. The highest BCUT2D eigenvalue weighted by Gasteiger charge is 2.14. The van der Waals surface area contributed by atoms with E-state index in [9.17, 15) is 4.79 Å². The Morgan fingerprint density at radius 3 is 2.67 bits per heavy atom. The Labute approximate surface area is 191 Å². The zero-order valence-corrected chi connectivity index (χ0v) is 19.9. The van der Waals surface area contributed by atoms with Gasteiger partial charge in [-0.25, -0.2) is 5.43 Å². The van der Waals surface area contributed by atoms with E-state index >= 15 is 0 Å². The molecule has 2 aromatic carbocycles. The minimum atomic E-state index is -0.299. The van der Waals surface area contributed by atoms with Crippen molar-refractivity contribution < 1.29 is 9.53 Å². The van der Waals surface area contributed by atoms with Crippen molar-refractivity contribution in [3.63, 3.8) is 0 Å². The molecule has 3 rings (SSSR count). The van der Waals surface area contributed by atoms with Gasteiger partial charge in [0.05, 0.1) is 15.5 Å². The van der Waals surface area contributed by atoms with E-state index in [1.165, 1.54) is 16.8 Å². The van der Waals surface area contributed by atoms with Crippen LogP contribution in [0.15, 0.2) is 53.6 Å². The van der Waals surface area contributed by atoms with Crippen LogP contribution in [0.1, 0.15) is 35.0 Å². The maximum absolute atomic E-state index is 12.1. The number of hydrogen-bond acceptors (Lipinski definition) is 3. The molecule has 0 saturated carbocycles. The highest BCUT2D eigenvalue weighted by molar-refractivity contribution is 14.1. The summed E-state index contributed by atoms with van der Waals surface area (Å²) in [4.78, 5) is 12.1. The fourth-order valence-corrected chi connectivity index (χ4v) is 4.04. The van der Waals surface area contributed by atoms with Crippen molar-refractivity contribution in [2.75, 3.05) is 6.61 Å². The number of aromatic nitrogens is 1. The zero-order valence-electron chi connectivity index (χ0n) is 17.7. The molecule has 3 aromatic rings. The molecule has 0 aliphatic heterocycles. The lowest BCUT2D eigenvalue weighted by Crippen LogP contribution is -2.24. The molecule has 0 aliphatic rings. The summed E-state index contributed by atoms with van der Waals surface area (Å²) in [5.74, 6) is 0.387. The molecule has 0 unspecified atom stereocenters. The van der Waals surface area contributed by atoms with Gasteiger partial charge in [0.2, 0.25) is 0 Å². The molecule has 0 spiro atoms. The number of para-hydroxylation sites is 2. The van der Waals surface area contributed by atoms with Gasteiger partial charge < -0.3 is 9.30 Å². The standard InChI is InChI=1S/C24H26IN3O2/c1-5-19-10-8-9-16(2)24(19)28-17(3)13-20(18(28)4)14-26-27-23(29)15-30-22-12-7-6-11-21(22)25/h6-14H,5,15H2,1-4H3,(H,27,29)/b26-14+. The third-order valence-corrected chi connectivity index (χ3v) is 5.88. The SMILES string of the molecule is CCc1cccc(C)c1-n1c(C)cc(/C=N/NC(=O)COc2ccccc2I)c1C. The molecule has 1 N–H and O–H groups in total. The van der Waals surface area contributed by atoms with Crippen LogP contribution in [-0.2, 0) is 11.2 Å². The normalized spacial score (nSPS) is 11.1. The summed E-state index contributed by atoms with van der Waals surface area (Å²) in [5.41, 5.74) is 9.50. The lowest BCUT2D eigenvalue weighted by Gasteiger charge is -2.17. The van der Waals surface area contributed by atoms with Crippen molar-refractivity contribution in [1.82, 2.24) is 9.99 Å². The monoisotopic (exact) mass is 515 g/mol. The summed E-state index contributed by atoms with van der Waals surface area (Å²) in [6, 6.07) is 16.1. The molecule has 0 atom stereocenters. The van der Waals surface area contributed by atoms with Gasteiger partial charge in [-0.2, -0.15) is 5.10 Å². The first-order chi connectivity index (χ1) is 14.4. The molecule has 6 heteroatoms. The maximum Gasteiger partial charge on any atom is 0.277 e. The topological polar surface area (TPSA) is 55.6 Å². The van der Waals surface area contributed by atoms with Gasteiger partial charge in [-0.3, -0.25) is 4.79 Å². The first-order valence-electron chi connectivity index (χ1n) is 9.89. The lowest BCUT2D eigenvalue weighted by atomic mass is 10.1. The van der Waals surface area contributed by atoms with Crippen LogP contribution in [0.2, 0.25) is 0 Å². The van der Waals surface area contributed by atoms with E-state index in [0.717, 1.165) is 26.9 Å². The molecular weight excluding hydrogens is 489 g/mol. The third kappa shape index (κ3) is 4.92. The van der Waals surface area contributed by atoms with Crippen LogP contribution in [-0.4, -0.2) is 23.3 Å². The summed E-state index contributed by atoms with van der Waals surface area (Å²) < 4.78 is 8.77. The Kier molecular flexibility index (Phi) is 7.31.